The van der Waals surface area contributed by atoms with Gasteiger partial charge in [-0.15, -0.1) is 0 Å². The third kappa shape index (κ3) is 1.81. The summed E-state index contributed by atoms with van der Waals surface area (Å²) >= 11 is 0. The molecule has 4 heteroatoms. The van der Waals surface area contributed by atoms with Gasteiger partial charge in [0.1, 0.15) is 4.90 Å². The maximum Gasteiger partial charge on any atom is 0.325 e. The molecule has 0 atom stereocenters. The molecule has 0 bridgehead atoms. The molecule has 0 aliphatic rings. The Balaban J connectivity index is 2.95. The van der Waals surface area contributed by atoms with E-state index in [9.17, 15) is 13.0 Å². The summed E-state index contributed by atoms with van der Waals surface area (Å²) in [6, 6.07) is 10.5. The fourth-order valence-corrected chi connectivity index (χ4v) is 2.85. The number of rotatable bonds is 2. The zero-order valence-corrected chi connectivity index (χ0v) is 9.62. The highest BCUT2D eigenvalue weighted by Crippen LogP contribution is 2.27. The second-order valence-electron chi connectivity index (χ2n) is 3.58. The molecule has 16 heavy (non-hydrogen) atoms. The van der Waals surface area contributed by atoms with E-state index in [1.807, 2.05) is 19.1 Å². The highest BCUT2D eigenvalue weighted by Gasteiger charge is 2.19. The van der Waals surface area contributed by atoms with Crippen molar-refractivity contribution < 1.29 is 13.0 Å². The van der Waals surface area contributed by atoms with Gasteiger partial charge in [0.15, 0.2) is 0 Å². The lowest BCUT2D eigenvalue weighted by Gasteiger charge is -2.07. The van der Waals surface area contributed by atoms with Crippen LogP contribution in [0.2, 0.25) is 0 Å². The van der Waals surface area contributed by atoms with Crippen molar-refractivity contribution in [1.82, 2.24) is 0 Å². The van der Waals surface area contributed by atoms with Gasteiger partial charge in [0.05, 0.1) is 0 Å². The summed E-state index contributed by atoms with van der Waals surface area (Å²) in [6.45, 7) is 1.83. The second-order valence-corrected chi connectivity index (χ2v) is 4.90. The molecule has 0 aliphatic heterocycles. The Labute approximate surface area is 94.5 Å². The fourth-order valence-electron chi connectivity index (χ4n) is 1.86. The van der Waals surface area contributed by atoms with Crippen LogP contribution in [0.4, 0.5) is 0 Å². The summed E-state index contributed by atoms with van der Waals surface area (Å²) in [5.74, 6) is 0. The third-order valence-corrected chi connectivity index (χ3v) is 3.57. The minimum atomic E-state index is -4.42. The first-order valence-corrected chi connectivity index (χ1v) is 6.41. The van der Waals surface area contributed by atoms with E-state index in [-0.39, 0.29) is 4.90 Å². The molecule has 2 aromatic carbocycles. The lowest BCUT2D eigenvalue weighted by molar-refractivity contribution is 0.414. The molecule has 0 N–H and O–H groups in total. The molecular weight excluding hydrogens is 224 g/mol. The highest BCUT2D eigenvalue weighted by atomic mass is 32.2. The predicted octanol–water partition coefficient (Wildman–Crippen LogP) is 2.52. The number of hydrogen-bond donors (Lipinski definition) is 0. The van der Waals surface area contributed by atoms with Crippen molar-refractivity contribution in [3.63, 3.8) is 0 Å². The SMILES string of the molecule is CCc1ccc2ccccc2c1S([O])(=O)=O. The molecular formula is C12H11O3S. The van der Waals surface area contributed by atoms with Crippen LogP contribution in [0.5, 0.6) is 0 Å². The van der Waals surface area contributed by atoms with Crippen LogP contribution in [0.25, 0.3) is 10.8 Å². The molecule has 83 valence electrons. The van der Waals surface area contributed by atoms with Crippen molar-refractivity contribution in [2.75, 3.05) is 0 Å². The Hall–Kier alpha value is -1.39. The molecule has 0 saturated heterocycles. The summed E-state index contributed by atoms with van der Waals surface area (Å²) in [6.07, 6.45) is 0.529. The normalized spacial score (nSPS) is 11.9. The first-order chi connectivity index (χ1) is 7.54. The standard InChI is InChI=1S/C12H11O3S/c1-2-9-7-8-10-5-3-4-6-11(10)12(9)16(13,14)15/h3-8H,2H2,1H3. The molecule has 2 aromatic rings. The molecule has 0 aliphatic carbocycles. The number of fused-ring (bicyclic) bond motifs is 1. The van der Waals surface area contributed by atoms with Crippen molar-refractivity contribution in [3.8, 4) is 0 Å². The van der Waals surface area contributed by atoms with Gasteiger partial charge in [-0.3, -0.25) is 0 Å². The van der Waals surface area contributed by atoms with E-state index in [0.717, 1.165) is 5.39 Å². The molecule has 1 radical (unpaired) electrons. The average Bonchev–Trinajstić information content (AvgIpc) is 2.26. The maximum atomic E-state index is 11.3. The van der Waals surface area contributed by atoms with Crippen LogP contribution in [-0.2, 0) is 21.1 Å². The summed E-state index contributed by atoms with van der Waals surface area (Å²) < 4.78 is 33.8. The van der Waals surface area contributed by atoms with Crippen molar-refractivity contribution in [3.05, 3.63) is 42.0 Å². The minimum Gasteiger partial charge on any atom is -0.191 e. The Morgan fingerprint density at radius 1 is 1.06 bits per heavy atom. The Bertz CT molecular complexity index is 630. The highest BCUT2D eigenvalue weighted by molar-refractivity contribution is 7.85. The monoisotopic (exact) mass is 235 g/mol. The Kier molecular flexibility index (Phi) is 2.69. The second kappa shape index (κ2) is 3.88. The van der Waals surface area contributed by atoms with E-state index in [0.29, 0.717) is 17.4 Å². The summed E-state index contributed by atoms with van der Waals surface area (Å²) in [7, 11) is -4.42. The minimum absolute atomic E-state index is 0.0758. The molecule has 0 fully saturated rings. The van der Waals surface area contributed by atoms with Gasteiger partial charge in [-0.25, -0.2) is 0 Å². The number of benzene rings is 2. The van der Waals surface area contributed by atoms with E-state index < -0.39 is 10.1 Å². The number of hydrogen-bond acceptors (Lipinski definition) is 2. The van der Waals surface area contributed by atoms with E-state index >= 15 is 0 Å². The lowest BCUT2D eigenvalue weighted by Crippen LogP contribution is -2.02. The molecule has 3 nitrogen and oxygen atoms in total. The van der Waals surface area contributed by atoms with Gasteiger partial charge in [-0.1, -0.05) is 47.9 Å². The van der Waals surface area contributed by atoms with Crippen LogP contribution >= 0.6 is 0 Å². The molecule has 0 spiro atoms. The first kappa shape index (κ1) is 11.1. The van der Waals surface area contributed by atoms with Crippen LogP contribution in [0.15, 0.2) is 41.3 Å². The molecule has 0 unspecified atom stereocenters. The molecule has 0 amide bonds. The van der Waals surface area contributed by atoms with E-state index in [1.54, 1.807) is 24.3 Å². The smallest absolute Gasteiger partial charge is 0.191 e. The van der Waals surface area contributed by atoms with E-state index in [2.05, 4.69) is 0 Å². The van der Waals surface area contributed by atoms with Crippen LogP contribution in [-0.4, -0.2) is 8.42 Å². The van der Waals surface area contributed by atoms with Gasteiger partial charge >= 0.3 is 10.1 Å². The van der Waals surface area contributed by atoms with Crippen LogP contribution in [0.1, 0.15) is 12.5 Å². The van der Waals surface area contributed by atoms with Crippen LogP contribution in [0, 0.1) is 0 Å². The van der Waals surface area contributed by atoms with E-state index in [1.165, 1.54) is 0 Å². The Morgan fingerprint density at radius 3 is 2.38 bits per heavy atom. The van der Waals surface area contributed by atoms with Gasteiger partial charge in [0.2, 0.25) is 0 Å². The molecule has 2 rings (SSSR count). The fraction of sp³-hybridized carbons (Fsp3) is 0.167. The Morgan fingerprint density at radius 2 is 1.75 bits per heavy atom. The van der Waals surface area contributed by atoms with Crippen molar-refractivity contribution in [2.45, 2.75) is 18.2 Å². The van der Waals surface area contributed by atoms with Crippen molar-refractivity contribution in [2.24, 2.45) is 0 Å². The molecule has 0 saturated carbocycles. The molecule has 0 heterocycles. The zero-order valence-electron chi connectivity index (χ0n) is 8.80. The van der Waals surface area contributed by atoms with Crippen molar-refractivity contribution >= 4 is 20.9 Å². The quantitative estimate of drug-likeness (QED) is 0.803. The van der Waals surface area contributed by atoms with Gasteiger partial charge in [-0.05, 0) is 17.4 Å². The van der Waals surface area contributed by atoms with Gasteiger partial charge in [-0.2, -0.15) is 8.42 Å². The largest absolute Gasteiger partial charge is 0.325 e. The van der Waals surface area contributed by atoms with Gasteiger partial charge in [0.25, 0.3) is 0 Å². The average molecular weight is 235 g/mol. The van der Waals surface area contributed by atoms with Crippen LogP contribution < -0.4 is 0 Å². The predicted molar refractivity (Wildman–Crippen MR) is 61.2 cm³/mol. The first-order valence-electron chi connectivity index (χ1n) is 5.00. The number of aryl methyl sites for hydroxylation is 1. The summed E-state index contributed by atoms with van der Waals surface area (Å²) in [4.78, 5) is -0.0758. The molecule has 0 aromatic heterocycles. The van der Waals surface area contributed by atoms with E-state index in [4.69, 9.17) is 0 Å². The topological polar surface area (TPSA) is 54.0 Å². The van der Waals surface area contributed by atoms with Crippen LogP contribution in [0.3, 0.4) is 0 Å². The summed E-state index contributed by atoms with van der Waals surface area (Å²) in [5.41, 5.74) is 0.578. The zero-order chi connectivity index (χ0) is 11.8. The maximum absolute atomic E-state index is 11.3. The summed E-state index contributed by atoms with van der Waals surface area (Å²) in [5, 5.41) is 1.28. The third-order valence-electron chi connectivity index (χ3n) is 2.59. The van der Waals surface area contributed by atoms with Crippen molar-refractivity contribution in [1.29, 1.82) is 0 Å². The van der Waals surface area contributed by atoms with Gasteiger partial charge in [0, 0.05) is 5.39 Å². The van der Waals surface area contributed by atoms with Gasteiger partial charge < -0.3 is 0 Å². The lowest BCUT2D eigenvalue weighted by atomic mass is 10.1.